The van der Waals surface area contributed by atoms with Crippen LogP contribution in [0.15, 0.2) is 48.9 Å². The van der Waals surface area contributed by atoms with E-state index in [9.17, 15) is 14.4 Å². The van der Waals surface area contributed by atoms with E-state index in [2.05, 4.69) is 35.8 Å². The van der Waals surface area contributed by atoms with E-state index in [1.165, 1.54) is 6.20 Å². The molecule has 1 fully saturated rings. The topological polar surface area (TPSA) is 190 Å². The summed E-state index contributed by atoms with van der Waals surface area (Å²) in [6.07, 6.45) is 4.76. The highest BCUT2D eigenvalue weighted by Crippen LogP contribution is 2.26. The number of nitrogen functional groups attached to an aromatic ring is 1. The van der Waals surface area contributed by atoms with E-state index in [1.54, 1.807) is 19.3 Å². The molecule has 1 aromatic carbocycles. The summed E-state index contributed by atoms with van der Waals surface area (Å²) in [6, 6.07) is 7.72. The van der Waals surface area contributed by atoms with Crippen molar-refractivity contribution in [3.8, 4) is 11.3 Å². The van der Waals surface area contributed by atoms with E-state index in [4.69, 9.17) is 16.2 Å². The zero-order chi connectivity index (χ0) is 30.2. The molecule has 13 nitrogen and oxygen atoms in total. The number of hydrogen-bond acceptors (Lipinski definition) is 10. The van der Waals surface area contributed by atoms with Crippen molar-refractivity contribution in [2.75, 3.05) is 42.3 Å². The van der Waals surface area contributed by atoms with Gasteiger partial charge in [0.15, 0.2) is 11.5 Å². The highest BCUT2D eigenvalue weighted by molar-refractivity contribution is 6.07. The van der Waals surface area contributed by atoms with E-state index < -0.39 is 18.0 Å². The molecule has 1 aliphatic rings. The Bertz CT molecular complexity index is 1410. The quantitative estimate of drug-likeness (QED) is 0.236. The minimum absolute atomic E-state index is 0.00274. The van der Waals surface area contributed by atoms with Gasteiger partial charge in [-0.05, 0) is 24.5 Å². The first kappa shape index (κ1) is 30.3. The fraction of sp³-hybridized carbons (Fsp3) is 0.379. The first-order valence-electron chi connectivity index (χ1n) is 13.8. The number of nitrogens with one attached hydrogen (secondary N) is 3. The van der Waals surface area contributed by atoms with Gasteiger partial charge in [-0.1, -0.05) is 38.1 Å². The van der Waals surface area contributed by atoms with Crippen molar-refractivity contribution in [2.45, 2.75) is 39.4 Å². The number of ether oxygens (including phenoxy) is 1. The van der Waals surface area contributed by atoms with Crippen LogP contribution in [0.4, 0.5) is 17.2 Å². The van der Waals surface area contributed by atoms with Crippen molar-refractivity contribution in [1.82, 2.24) is 25.6 Å². The number of anilines is 3. The van der Waals surface area contributed by atoms with Crippen molar-refractivity contribution in [1.29, 1.82) is 0 Å². The summed E-state index contributed by atoms with van der Waals surface area (Å²) < 4.78 is 5.43. The second-order valence-corrected chi connectivity index (χ2v) is 10.4. The molecule has 1 aliphatic heterocycles. The van der Waals surface area contributed by atoms with Gasteiger partial charge in [0.05, 0.1) is 48.7 Å². The molecule has 42 heavy (non-hydrogen) atoms. The zero-order valence-corrected chi connectivity index (χ0v) is 24.0. The normalized spacial score (nSPS) is 14.6. The summed E-state index contributed by atoms with van der Waals surface area (Å²) in [6.45, 7) is 8.16. The average molecular weight is 576 g/mol. The van der Waals surface area contributed by atoms with Gasteiger partial charge in [-0.25, -0.2) is 9.97 Å². The summed E-state index contributed by atoms with van der Waals surface area (Å²) in [4.78, 5) is 52.8. The number of rotatable bonds is 10. The summed E-state index contributed by atoms with van der Waals surface area (Å²) in [5, 5.41) is 8.32. The number of carbonyl (C=O) groups is 3. The molecule has 4 rings (SSSR count). The van der Waals surface area contributed by atoms with Crippen LogP contribution in [0.5, 0.6) is 0 Å². The van der Waals surface area contributed by atoms with Crippen LogP contribution in [0.25, 0.3) is 11.3 Å². The Kier molecular flexibility index (Phi) is 9.99. The SMILES string of the molecule is CC(C)[C@H](N)C(=O)N[C@@H](C)C(=O)NCc1ccc(-c2cnc(N)c(C(=O)Nc3cnccc3N3CCOCC3)n2)cc1. The Morgan fingerprint density at radius 2 is 1.74 bits per heavy atom. The van der Waals surface area contributed by atoms with Crippen molar-refractivity contribution >= 4 is 34.9 Å². The van der Waals surface area contributed by atoms with Gasteiger partial charge in [0.2, 0.25) is 11.8 Å². The number of carbonyl (C=O) groups excluding carboxylic acids is 3. The molecule has 0 unspecified atom stereocenters. The maximum Gasteiger partial charge on any atom is 0.278 e. The standard InChI is InChI=1S/C29H37N9O4/c1-17(2)24(30)28(40)35-18(3)27(39)34-14-19-4-6-20(7-5-19)21-16-33-26(31)25(36-21)29(41)37-22-15-32-9-8-23(22)38-10-12-42-13-11-38/h4-9,15-18,24H,10-14,30H2,1-3H3,(H2,31,33)(H,34,39)(H,35,40)(H,37,41)/t18-,24-/m0/s1. The molecule has 0 bridgehead atoms. The third-order valence-corrected chi connectivity index (χ3v) is 6.90. The Hall–Kier alpha value is -4.62. The lowest BCUT2D eigenvalue weighted by molar-refractivity contribution is -0.129. The van der Waals surface area contributed by atoms with Crippen LogP contribution in [0, 0.1) is 5.92 Å². The fourth-order valence-electron chi connectivity index (χ4n) is 4.26. The molecule has 3 amide bonds. The molecule has 3 heterocycles. The molecule has 1 saturated heterocycles. The summed E-state index contributed by atoms with van der Waals surface area (Å²) >= 11 is 0. The number of benzene rings is 1. The Labute approximate surface area is 244 Å². The number of amides is 3. The number of morpholine rings is 1. The minimum atomic E-state index is -0.729. The number of nitrogens with two attached hydrogens (primary N) is 2. The average Bonchev–Trinajstić information content (AvgIpc) is 3.00. The van der Waals surface area contributed by atoms with Crippen LogP contribution in [0.3, 0.4) is 0 Å². The van der Waals surface area contributed by atoms with Gasteiger partial charge in [-0.15, -0.1) is 0 Å². The van der Waals surface area contributed by atoms with Gasteiger partial charge >= 0.3 is 0 Å². The molecule has 2 aromatic heterocycles. The first-order chi connectivity index (χ1) is 20.1. The van der Waals surface area contributed by atoms with Gasteiger partial charge in [0, 0.05) is 31.4 Å². The predicted molar refractivity (Wildman–Crippen MR) is 159 cm³/mol. The van der Waals surface area contributed by atoms with E-state index in [0.29, 0.717) is 43.2 Å². The zero-order valence-electron chi connectivity index (χ0n) is 24.0. The molecule has 2 atom stereocenters. The Morgan fingerprint density at radius 1 is 1.02 bits per heavy atom. The van der Waals surface area contributed by atoms with Crippen LogP contribution >= 0.6 is 0 Å². The van der Waals surface area contributed by atoms with E-state index in [-0.39, 0.29) is 35.8 Å². The summed E-state index contributed by atoms with van der Waals surface area (Å²) in [5.74, 6) is -1.23. The molecule has 0 aliphatic carbocycles. The van der Waals surface area contributed by atoms with Crippen LogP contribution in [-0.4, -0.2) is 71.1 Å². The lowest BCUT2D eigenvalue weighted by Gasteiger charge is -2.30. The molecule has 0 spiro atoms. The molecule has 222 valence electrons. The van der Waals surface area contributed by atoms with Gasteiger partial charge in [0.1, 0.15) is 6.04 Å². The molecular formula is C29H37N9O4. The Balaban J connectivity index is 1.39. The van der Waals surface area contributed by atoms with Crippen LogP contribution < -0.4 is 32.3 Å². The fourth-order valence-corrected chi connectivity index (χ4v) is 4.26. The number of aromatic nitrogens is 3. The summed E-state index contributed by atoms with van der Waals surface area (Å²) in [7, 11) is 0. The van der Waals surface area contributed by atoms with Gasteiger partial charge in [0.25, 0.3) is 5.91 Å². The summed E-state index contributed by atoms with van der Waals surface area (Å²) in [5.41, 5.74) is 15.3. The van der Waals surface area contributed by atoms with Gasteiger partial charge in [-0.2, -0.15) is 0 Å². The number of hydrogen-bond donors (Lipinski definition) is 5. The smallest absolute Gasteiger partial charge is 0.278 e. The molecule has 7 N–H and O–H groups in total. The number of nitrogens with zero attached hydrogens (tertiary/aromatic N) is 4. The van der Waals surface area contributed by atoms with Crippen LogP contribution in [0.2, 0.25) is 0 Å². The van der Waals surface area contributed by atoms with Crippen molar-refractivity contribution in [3.63, 3.8) is 0 Å². The third kappa shape index (κ3) is 7.56. The lowest BCUT2D eigenvalue weighted by Crippen LogP contribution is -2.51. The van der Waals surface area contributed by atoms with Crippen LogP contribution in [0.1, 0.15) is 36.8 Å². The van der Waals surface area contributed by atoms with Crippen molar-refractivity contribution in [3.05, 3.63) is 60.2 Å². The Morgan fingerprint density at radius 3 is 2.43 bits per heavy atom. The molecule has 0 radical (unpaired) electrons. The lowest BCUT2D eigenvalue weighted by atomic mass is 10.0. The second-order valence-electron chi connectivity index (χ2n) is 10.4. The largest absolute Gasteiger partial charge is 0.382 e. The predicted octanol–water partition coefficient (Wildman–Crippen LogP) is 1.31. The van der Waals surface area contributed by atoms with Crippen molar-refractivity contribution < 1.29 is 19.1 Å². The monoisotopic (exact) mass is 575 g/mol. The van der Waals surface area contributed by atoms with E-state index in [0.717, 1.165) is 11.3 Å². The van der Waals surface area contributed by atoms with Gasteiger partial charge < -0.3 is 37.1 Å². The maximum absolute atomic E-state index is 13.2. The van der Waals surface area contributed by atoms with Crippen molar-refractivity contribution in [2.24, 2.45) is 11.7 Å². The highest BCUT2D eigenvalue weighted by atomic mass is 16.5. The van der Waals surface area contributed by atoms with E-state index >= 15 is 0 Å². The first-order valence-corrected chi connectivity index (χ1v) is 13.8. The minimum Gasteiger partial charge on any atom is -0.382 e. The highest BCUT2D eigenvalue weighted by Gasteiger charge is 2.22. The second kappa shape index (κ2) is 13.8. The maximum atomic E-state index is 13.2. The molecule has 0 saturated carbocycles. The molecule has 3 aromatic rings. The van der Waals surface area contributed by atoms with Crippen LogP contribution in [-0.2, 0) is 20.9 Å². The van der Waals surface area contributed by atoms with E-state index in [1.807, 2.05) is 44.2 Å². The molecule has 13 heteroatoms. The third-order valence-electron chi connectivity index (χ3n) is 6.90. The van der Waals surface area contributed by atoms with Gasteiger partial charge in [-0.3, -0.25) is 19.4 Å². The molecular weight excluding hydrogens is 538 g/mol. The number of pyridine rings is 1.